The van der Waals surface area contributed by atoms with Crippen LogP contribution in [-0.2, 0) is 4.79 Å². The number of aliphatic imine (C=N–C) groups is 1. The van der Waals surface area contributed by atoms with Gasteiger partial charge in [-0.15, -0.1) is 0 Å². The van der Waals surface area contributed by atoms with Gasteiger partial charge in [0.05, 0.1) is 11.6 Å². The Morgan fingerprint density at radius 3 is 2.43 bits per heavy atom. The average molecular weight is 463 g/mol. The highest BCUT2D eigenvalue weighted by atomic mass is 35.5. The van der Waals surface area contributed by atoms with Gasteiger partial charge in [0, 0.05) is 27.3 Å². The third kappa shape index (κ3) is 3.81. The number of carbonyl (C=O) groups excluding carboxylic acids is 1. The van der Waals surface area contributed by atoms with Crippen LogP contribution in [-0.4, -0.2) is 30.4 Å². The molecule has 156 valence electrons. The summed E-state index contributed by atoms with van der Waals surface area (Å²) >= 11 is 18.6. The van der Waals surface area contributed by atoms with Crippen molar-refractivity contribution in [2.45, 2.75) is 37.8 Å². The van der Waals surface area contributed by atoms with Gasteiger partial charge in [-0.3, -0.25) is 9.79 Å². The molecule has 0 radical (unpaired) electrons. The summed E-state index contributed by atoms with van der Waals surface area (Å²) in [6, 6.07) is 12.7. The Morgan fingerprint density at radius 1 is 1.00 bits per heavy atom. The highest BCUT2D eigenvalue weighted by Gasteiger charge is 2.42. The van der Waals surface area contributed by atoms with E-state index in [9.17, 15) is 4.79 Å². The molecule has 1 amide bonds. The second kappa shape index (κ2) is 8.07. The Bertz CT molecular complexity index is 1010. The maximum atomic E-state index is 13.1. The Kier molecular flexibility index (Phi) is 5.42. The highest BCUT2D eigenvalue weighted by molar-refractivity contribution is 6.37. The fourth-order valence-corrected chi connectivity index (χ4v) is 5.71. The first-order chi connectivity index (χ1) is 14.5. The topological polar surface area (TPSA) is 44.7 Å². The van der Waals surface area contributed by atoms with E-state index in [1.165, 1.54) is 19.3 Å². The Balaban J connectivity index is 1.43. The van der Waals surface area contributed by atoms with E-state index in [1.54, 1.807) is 12.1 Å². The molecule has 0 aromatic heterocycles. The van der Waals surface area contributed by atoms with Crippen molar-refractivity contribution in [2.24, 2.45) is 16.8 Å². The van der Waals surface area contributed by atoms with Gasteiger partial charge in [0.2, 0.25) is 5.91 Å². The zero-order valence-corrected chi connectivity index (χ0v) is 18.6. The minimum atomic E-state index is -0.485. The van der Waals surface area contributed by atoms with Gasteiger partial charge in [-0.1, -0.05) is 41.2 Å². The summed E-state index contributed by atoms with van der Waals surface area (Å²) in [4.78, 5) is 19.9. The fraction of sp³-hybridized carbons (Fsp3) is 0.391. The van der Waals surface area contributed by atoms with Crippen LogP contribution in [0.5, 0.6) is 0 Å². The van der Waals surface area contributed by atoms with E-state index in [0.29, 0.717) is 39.4 Å². The number of carbonyl (C=O) groups is 1. The molecule has 5 rings (SSSR count). The summed E-state index contributed by atoms with van der Waals surface area (Å²) in [5.74, 6) is 2.07. The standard InChI is InChI=1S/C23H22Cl3N3O/c24-15-3-6-17(7-4-15)29-12-21(23(30)28-20-10-13-1-2-14(20)9-13)27-22(29)18-8-5-16(25)11-19(18)26/h3-8,11,13-14,20-21H,1-2,9-10,12H2,(H,28,30). The molecule has 4 unspecified atom stereocenters. The number of hydrogen-bond acceptors (Lipinski definition) is 3. The summed E-state index contributed by atoms with van der Waals surface area (Å²) in [6.45, 7) is 0.461. The lowest BCUT2D eigenvalue weighted by molar-refractivity contribution is -0.123. The number of amides is 1. The molecule has 1 N–H and O–H groups in total. The van der Waals surface area contributed by atoms with E-state index in [0.717, 1.165) is 23.6 Å². The predicted molar refractivity (Wildman–Crippen MR) is 123 cm³/mol. The van der Waals surface area contributed by atoms with Crippen molar-refractivity contribution in [1.29, 1.82) is 0 Å². The number of benzene rings is 2. The molecule has 2 bridgehead atoms. The molecular formula is C23H22Cl3N3O. The lowest BCUT2D eigenvalue weighted by atomic mass is 9.95. The summed E-state index contributed by atoms with van der Waals surface area (Å²) in [5, 5.41) is 5.01. The summed E-state index contributed by atoms with van der Waals surface area (Å²) < 4.78 is 0. The number of anilines is 1. The molecule has 4 atom stereocenters. The second-order valence-corrected chi connectivity index (χ2v) is 9.75. The molecule has 0 spiro atoms. The zero-order valence-electron chi connectivity index (χ0n) is 16.3. The van der Waals surface area contributed by atoms with Crippen molar-refractivity contribution in [3.05, 3.63) is 63.1 Å². The Hall–Kier alpha value is -1.75. The quantitative estimate of drug-likeness (QED) is 0.644. The molecule has 2 saturated carbocycles. The molecule has 2 aliphatic carbocycles. The molecule has 4 nitrogen and oxygen atoms in total. The largest absolute Gasteiger partial charge is 0.351 e. The predicted octanol–water partition coefficient (Wildman–Crippen LogP) is 5.59. The number of nitrogens with one attached hydrogen (secondary N) is 1. The molecule has 2 aromatic carbocycles. The van der Waals surface area contributed by atoms with E-state index in [2.05, 4.69) is 5.32 Å². The SMILES string of the molecule is O=C(NC1CC2CCC1C2)C1CN(c2ccc(Cl)cc2)C(c2ccc(Cl)cc2Cl)=N1. The minimum absolute atomic E-state index is 0.00778. The number of amidine groups is 1. The fourth-order valence-electron chi connectivity index (χ4n) is 5.09. The van der Waals surface area contributed by atoms with Crippen molar-refractivity contribution in [3.8, 4) is 0 Å². The first-order valence-corrected chi connectivity index (χ1v) is 11.5. The van der Waals surface area contributed by atoms with Gasteiger partial charge in [0.15, 0.2) is 0 Å². The lowest BCUT2D eigenvalue weighted by Crippen LogP contribution is -2.45. The number of hydrogen-bond donors (Lipinski definition) is 1. The van der Waals surface area contributed by atoms with Gasteiger partial charge in [0.1, 0.15) is 11.9 Å². The first kappa shape index (κ1) is 20.2. The van der Waals surface area contributed by atoms with E-state index in [-0.39, 0.29) is 5.91 Å². The van der Waals surface area contributed by atoms with Crippen LogP contribution in [0, 0.1) is 11.8 Å². The average Bonchev–Trinajstić information content (AvgIpc) is 3.44. The van der Waals surface area contributed by atoms with Gasteiger partial charge < -0.3 is 10.2 Å². The molecule has 30 heavy (non-hydrogen) atoms. The van der Waals surface area contributed by atoms with Crippen LogP contribution in [0.4, 0.5) is 5.69 Å². The Morgan fingerprint density at radius 2 is 1.77 bits per heavy atom. The minimum Gasteiger partial charge on any atom is -0.351 e. The van der Waals surface area contributed by atoms with Crippen molar-refractivity contribution in [3.63, 3.8) is 0 Å². The van der Waals surface area contributed by atoms with Crippen molar-refractivity contribution in [2.75, 3.05) is 11.4 Å². The molecule has 7 heteroatoms. The van der Waals surface area contributed by atoms with Crippen LogP contribution in [0.1, 0.15) is 31.2 Å². The van der Waals surface area contributed by atoms with Gasteiger partial charge in [-0.25, -0.2) is 0 Å². The molecule has 2 fully saturated rings. The normalized spacial score (nSPS) is 27.4. The molecular weight excluding hydrogens is 441 g/mol. The third-order valence-electron chi connectivity index (χ3n) is 6.57. The van der Waals surface area contributed by atoms with Gasteiger partial charge in [-0.05, 0) is 73.6 Å². The Labute approximate surface area is 191 Å². The molecule has 0 saturated heterocycles. The summed E-state index contributed by atoms with van der Waals surface area (Å²) in [7, 11) is 0. The summed E-state index contributed by atoms with van der Waals surface area (Å²) in [6.07, 6.45) is 4.89. The van der Waals surface area contributed by atoms with Crippen LogP contribution in [0.2, 0.25) is 15.1 Å². The monoisotopic (exact) mass is 461 g/mol. The maximum absolute atomic E-state index is 13.1. The van der Waals surface area contributed by atoms with Crippen LogP contribution >= 0.6 is 34.8 Å². The molecule has 1 heterocycles. The number of halogens is 3. The summed E-state index contributed by atoms with van der Waals surface area (Å²) in [5.41, 5.74) is 1.67. The van der Waals surface area contributed by atoms with Crippen LogP contribution in [0.25, 0.3) is 0 Å². The molecule has 3 aliphatic rings. The van der Waals surface area contributed by atoms with Gasteiger partial charge >= 0.3 is 0 Å². The van der Waals surface area contributed by atoms with Crippen LogP contribution in [0.3, 0.4) is 0 Å². The van der Waals surface area contributed by atoms with Crippen molar-refractivity contribution < 1.29 is 4.79 Å². The van der Waals surface area contributed by atoms with Crippen LogP contribution < -0.4 is 10.2 Å². The van der Waals surface area contributed by atoms with E-state index < -0.39 is 6.04 Å². The highest BCUT2D eigenvalue weighted by Crippen LogP contribution is 2.44. The first-order valence-electron chi connectivity index (χ1n) is 10.3. The number of rotatable bonds is 4. The lowest BCUT2D eigenvalue weighted by Gasteiger charge is -2.24. The van der Waals surface area contributed by atoms with Crippen LogP contribution in [0.15, 0.2) is 47.5 Å². The number of nitrogens with zero attached hydrogens (tertiary/aromatic N) is 2. The number of fused-ring (bicyclic) bond motifs is 2. The zero-order chi connectivity index (χ0) is 20.8. The van der Waals surface area contributed by atoms with E-state index in [4.69, 9.17) is 39.8 Å². The van der Waals surface area contributed by atoms with Gasteiger partial charge in [-0.2, -0.15) is 0 Å². The maximum Gasteiger partial charge on any atom is 0.246 e. The third-order valence-corrected chi connectivity index (χ3v) is 7.37. The molecule has 1 aliphatic heterocycles. The van der Waals surface area contributed by atoms with Gasteiger partial charge in [0.25, 0.3) is 0 Å². The van der Waals surface area contributed by atoms with E-state index in [1.807, 2.05) is 35.2 Å². The van der Waals surface area contributed by atoms with Crippen molar-refractivity contribution in [1.82, 2.24) is 5.32 Å². The molecule has 2 aromatic rings. The smallest absolute Gasteiger partial charge is 0.246 e. The van der Waals surface area contributed by atoms with Crippen molar-refractivity contribution >= 4 is 52.2 Å². The van der Waals surface area contributed by atoms with E-state index >= 15 is 0 Å². The second-order valence-electron chi connectivity index (χ2n) is 8.47.